The van der Waals surface area contributed by atoms with Crippen LogP contribution in [0.15, 0.2) is 42.5 Å². The molecule has 0 aliphatic heterocycles. The Morgan fingerprint density at radius 2 is 1.78 bits per heavy atom. The van der Waals surface area contributed by atoms with E-state index < -0.39 is 0 Å². The molecule has 96 valence electrons. The topological polar surface area (TPSA) is 20.2 Å². The second-order valence-electron chi connectivity index (χ2n) is 4.54. The van der Waals surface area contributed by atoms with Crippen LogP contribution >= 0.6 is 11.3 Å². The summed E-state index contributed by atoms with van der Waals surface area (Å²) in [5.41, 5.74) is 1.03. The fourth-order valence-electron chi connectivity index (χ4n) is 2.06. The maximum absolute atomic E-state index is 10.1. The van der Waals surface area contributed by atoms with Crippen LogP contribution in [-0.4, -0.2) is 5.11 Å². The van der Waals surface area contributed by atoms with Gasteiger partial charge in [-0.1, -0.05) is 37.3 Å². The summed E-state index contributed by atoms with van der Waals surface area (Å²) < 4.78 is 0. The zero-order valence-electron chi connectivity index (χ0n) is 10.8. The summed E-state index contributed by atoms with van der Waals surface area (Å²) in [5, 5.41) is 10.1. The molecule has 18 heavy (non-hydrogen) atoms. The van der Waals surface area contributed by atoms with Crippen LogP contribution in [0.25, 0.3) is 0 Å². The standard InChI is InChI=1S/C16H20OS/c1-2-14-11-12-15(18-14)9-6-10-16(17)13-7-4-3-5-8-13/h3-5,7-8,11-12,16-17H,2,6,9-10H2,1H3. The minimum atomic E-state index is -0.322. The molecule has 1 N–H and O–H groups in total. The van der Waals surface area contributed by atoms with Gasteiger partial charge in [0.15, 0.2) is 0 Å². The van der Waals surface area contributed by atoms with Gasteiger partial charge in [0.2, 0.25) is 0 Å². The molecule has 1 heterocycles. The molecule has 1 nitrogen and oxygen atoms in total. The first-order valence-corrected chi connectivity index (χ1v) is 7.42. The number of benzene rings is 1. The zero-order chi connectivity index (χ0) is 12.8. The van der Waals surface area contributed by atoms with Crippen molar-refractivity contribution in [2.75, 3.05) is 0 Å². The van der Waals surface area contributed by atoms with Crippen molar-refractivity contribution in [2.24, 2.45) is 0 Å². The predicted molar refractivity (Wildman–Crippen MR) is 78.0 cm³/mol. The van der Waals surface area contributed by atoms with E-state index in [0.717, 1.165) is 31.2 Å². The number of thiophene rings is 1. The lowest BCUT2D eigenvalue weighted by atomic mass is 10.0. The fourth-order valence-corrected chi connectivity index (χ4v) is 3.06. The van der Waals surface area contributed by atoms with Crippen molar-refractivity contribution in [3.05, 3.63) is 57.8 Å². The van der Waals surface area contributed by atoms with Crippen LogP contribution in [0.1, 0.15) is 41.2 Å². The Morgan fingerprint density at radius 1 is 1.06 bits per heavy atom. The second-order valence-corrected chi connectivity index (χ2v) is 5.79. The quantitative estimate of drug-likeness (QED) is 0.818. The molecular weight excluding hydrogens is 240 g/mol. The first kappa shape index (κ1) is 13.3. The number of aryl methyl sites for hydroxylation is 2. The molecule has 0 saturated heterocycles. The van der Waals surface area contributed by atoms with Crippen molar-refractivity contribution in [3.8, 4) is 0 Å². The number of hydrogen-bond donors (Lipinski definition) is 1. The molecule has 2 aromatic rings. The van der Waals surface area contributed by atoms with E-state index in [9.17, 15) is 5.11 Å². The maximum Gasteiger partial charge on any atom is 0.0790 e. The fraction of sp³-hybridized carbons (Fsp3) is 0.375. The van der Waals surface area contributed by atoms with E-state index in [0.29, 0.717) is 0 Å². The van der Waals surface area contributed by atoms with Gasteiger partial charge in [-0.25, -0.2) is 0 Å². The molecule has 0 saturated carbocycles. The number of rotatable bonds is 6. The molecule has 1 aromatic carbocycles. The van der Waals surface area contributed by atoms with Crippen molar-refractivity contribution in [3.63, 3.8) is 0 Å². The van der Waals surface area contributed by atoms with Crippen LogP contribution in [0.4, 0.5) is 0 Å². The molecule has 0 aliphatic carbocycles. The summed E-state index contributed by atoms with van der Waals surface area (Å²) in [6.45, 7) is 2.19. The van der Waals surface area contributed by atoms with Gasteiger partial charge in [-0.2, -0.15) is 0 Å². The van der Waals surface area contributed by atoms with Crippen LogP contribution in [-0.2, 0) is 12.8 Å². The normalized spacial score (nSPS) is 12.6. The number of hydrogen-bond acceptors (Lipinski definition) is 2. The molecule has 2 rings (SSSR count). The monoisotopic (exact) mass is 260 g/mol. The number of aliphatic hydroxyl groups excluding tert-OH is 1. The Kier molecular flexibility index (Phi) is 4.97. The van der Waals surface area contributed by atoms with Crippen molar-refractivity contribution < 1.29 is 5.11 Å². The molecular formula is C16H20OS. The highest BCUT2D eigenvalue weighted by Gasteiger charge is 2.07. The van der Waals surface area contributed by atoms with Gasteiger partial charge in [0.05, 0.1) is 6.10 Å². The number of aliphatic hydroxyl groups is 1. The summed E-state index contributed by atoms with van der Waals surface area (Å²) in [6, 6.07) is 14.4. The smallest absolute Gasteiger partial charge is 0.0790 e. The van der Waals surface area contributed by atoms with E-state index in [1.807, 2.05) is 41.7 Å². The third kappa shape index (κ3) is 3.69. The Labute approximate surface area is 113 Å². The summed E-state index contributed by atoms with van der Waals surface area (Å²) in [7, 11) is 0. The molecule has 0 amide bonds. The zero-order valence-corrected chi connectivity index (χ0v) is 11.6. The summed E-state index contributed by atoms with van der Waals surface area (Å²) >= 11 is 1.90. The van der Waals surface area contributed by atoms with Crippen LogP contribution in [0.5, 0.6) is 0 Å². The summed E-state index contributed by atoms with van der Waals surface area (Å²) in [5.74, 6) is 0. The van der Waals surface area contributed by atoms with E-state index in [1.165, 1.54) is 9.75 Å². The van der Waals surface area contributed by atoms with Crippen LogP contribution in [0.2, 0.25) is 0 Å². The maximum atomic E-state index is 10.1. The lowest BCUT2D eigenvalue weighted by molar-refractivity contribution is 0.165. The van der Waals surface area contributed by atoms with Gasteiger partial charge >= 0.3 is 0 Å². The third-order valence-electron chi connectivity index (χ3n) is 3.15. The summed E-state index contributed by atoms with van der Waals surface area (Å²) in [6.07, 6.45) is 3.76. The molecule has 0 radical (unpaired) electrons. The summed E-state index contributed by atoms with van der Waals surface area (Å²) in [4.78, 5) is 2.89. The Bertz CT molecular complexity index is 461. The molecule has 1 aromatic heterocycles. The lowest BCUT2D eigenvalue weighted by Gasteiger charge is -2.09. The van der Waals surface area contributed by atoms with Gasteiger partial charge in [0.25, 0.3) is 0 Å². The molecule has 2 heteroatoms. The van der Waals surface area contributed by atoms with Crippen LogP contribution < -0.4 is 0 Å². The van der Waals surface area contributed by atoms with Crippen molar-refractivity contribution >= 4 is 11.3 Å². The Balaban J connectivity index is 1.78. The first-order valence-electron chi connectivity index (χ1n) is 6.60. The van der Waals surface area contributed by atoms with E-state index in [-0.39, 0.29) is 6.10 Å². The molecule has 1 atom stereocenters. The largest absolute Gasteiger partial charge is 0.388 e. The Morgan fingerprint density at radius 3 is 2.44 bits per heavy atom. The lowest BCUT2D eigenvalue weighted by Crippen LogP contribution is -1.97. The SMILES string of the molecule is CCc1ccc(CCCC(O)c2ccccc2)s1. The average molecular weight is 260 g/mol. The van der Waals surface area contributed by atoms with Gasteiger partial charge in [0.1, 0.15) is 0 Å². The molecule has 0 spiro atoms. The van der Waals surface area contributed by atoms with Gasteiger partial charge in [-0.15, -0.1) is 11.3 Å². The third-order valence-corrected chi connectivity index (χ3v) is 4.44. The molecule has 0 aliphatic rings. The van der Waals surface area contributed by atoms with E-state index in [2.05, 4.69) is 19.1 Å². The second kappa shape index (κ2) is 6.72. The average Bonchev–Trinajstić information content (AvgIpc) is 2.87. The van der Waals surface area contributed by atoms with Crippen LogP contribution in [0.3, 0.4) is 0 Å². The predicted octanol–water partition coefficient (Wildman–Crippen LogP) is 4.37. The molecule has 0 fully saturated rings. The van der Waals surface area contributed by atoms with Gasteiger partial charge < -0.3 is 5.11 Å². The highest BCUT2D eigenvalue weighted by Crippen LogP contribution is 2.22. The van der Waals surface area contributed by atoms with E-state index in [1.54, 1.807) is 0 Å². The molecule has 1 unspecified atom stereocenters. The first-order chi connectivity index (χ1) is 8.79. The van der Waals surface area contributed by atoms with Gasteiger partial charge in [-0.3, -0.25) is 0 Å². The van der Waals surface area contributed by atoms with E-state index >= 15 is 0 Å². The van der Waals surface area contributed by atoms with Crippen molar-refractivity contribution in [1.82, 2.24) is 0 Å². The van der Waals surface area contributed by atoms with Gasteiger partial charge in [-0.05, 0) is 43.4 Å². The van der Waals surface area contributed by atoms with Crippen molar-refractivity contribution in [2.45, 2.75) is 38.7 Å². The van der Waals surface area contributed by atoms with E-state index in [4.69, 9.17) is 0 Å². The highest BCUT2D eigenvalue weighted by atomic mass is 32.1. The van der Waals surface area contributed by atoms with Gasteiger partial charge in [0, 0.05) is 9.75 Å². The Hall–Kier alpha value is -1.12. The minimum Gasteiger partial charge on any atom is -0.388 e. The minimum absolute atomic E-state index is 0.322. The molecule has 0 bridgehead atoms. The van der Waals surface area contributed by atoms with Crippen molar-refractivity contribution in [1.29, 1.82) is 0 Å². The highest BCUT2D eigenvalue weighted by molar-refractivity contribution is 7.11. The van der Waals surface area contributed by atoms with Crippen LogP contribution in [0, 0.1) is 0 Å².